The molecule has 84 valence electrons. The fourth-order valence-corrected chi connectivity index (χ4v) is 1.78. The summed E-state index contributed by atoms with van der Waals surface area (Å²) in [5.74, 6) is 0. The van der Waals surface area contributed by atoms with Crippen molar-refractivity contribution < 1.29 is 0 Å². The van der Waals surface area contributed by atoms with Gasteiger partial charge in [0, 0.05) is 6.20 Å². The maximum atomic E-state index is 6.22. The minimum Gasteiger partial charge on any atom is -0.322 e. The van der Waals surface area contributed by atoms with Crippen LogP contribution in [0.1, 0.15) is 30.3 Å². The van der Waals surface area contributed by atoms with Gasteiger partial charge in [0.05, 0.1) is 17.8 Å². The van der Waals surface area contributed by atoms with Crippen molar-refractivity contribution in [2.45, 2.75) is 25.9 Å². The number of aryl methyl sites for hydroxylation is 1. The average molecular weight is 215 g/mol. The van der Waals surface area contributed by atoms with E-state index >= 15 is 0 Å². The van der Waals surface area contributed by atoms with E-state index in [1.807, 2.05) is 42.1 Å². The molecule has 0 fully saturated rings. The molecule has 0 spiro atoms. The summed E-state index contributed by atoms with van der Waals surface area (Å²) in [6, 6.07) is 12.3. The van der Waals surface area contributed by atoms with Gasteiger partial charge in [-0.3, -0.25) is 4.68 Å². The van der Waals surface area contributed by atoms with E-state index in [1.54, 1.807) is 0 Å². The normalized spacial score (nSPS) is 14.7. The predicted molar refractivity (Wildman–Crippen MR) is 65.0 cm³/mol. The van der Waals surface area contributed by atoms with E-state index in [1.165, 1.54) is 0 Å². The Morgan fingerprint density at radius 2 is 1.88 bits per heavy atom. The third-order valence-electron chi connectivity index (χ3n) is 2.86. The smallest absolute Gasteiger partial charge is 0.0683 e. The van der Waals surface area contributed by atoms with Gasteiger partial charge in [0.15, 0.2) is 0 Å². The maximum Gasteiger partial charge on any atom is 0.0683 e. The highest BCUT2D eigenvalue weighted by Crippen LogP contribution is 2.22. The lowest BCUT2D eigenvalue weighted by atomic mass is 10.0. The van der Waals surface area contributed by atoms with Gasteiger partial charge in [-0.25, -0.2) is 0 Å². The quantitative estimate of drug-likeness (QED) is 0.854. The Kier molecular flexibility index (Phi) is 3.06. The second-order valence-corrected chi connectivity index (χ2v) is 4.11. The second kappa shape index (κ2) is 4.49. The zero-order valence-electron chi connectivity index (χ0n) is 9.67. The molecule has 0 saturated heterocycles. The second-order valence-electron chi connectivity index (χ2n) is 4.11. The van der Waals surface area contributed by atoms with E-state index in [0.717, 1.165) is 11.3 Å². The molecule has 2 atom stereocenters. The topological polar surface area (TPSA) is 43.8 Å². The molecule has 0 aliphatic carbocycles. The minimum atomic E-state index is -0.0273. The Morgan fingerprint density at radius 3 is 2.44 bits per heavy atom. The largest absolute Gasteiger partial charge is 0.322 e. The summed E-state index contributed by atoms with van der Waals surface area (Å²) < 4.78 is 1.92. The van der Waals surface area contributed by atoms with Crippen molar-refractivity contribution in [3.63, 3.8) is 0 Å². The van der Waals surface area contributed by atoms with Gasteiger partial charge < -0.3 is 5.73 Å². The third-order valence-corrected chi connectivity index (χ3v) is 2.86. The molecule has 1 aromatic heterocycles. The van der Waals surface area contributed by atoms with Crippen molar-refractivity contribution >= 4 is 0 Å². The van der Waals surface area contributed by atoms with Crippen LogP contribution in [0.25, 0.3) is 0 Å². The van der Waals surface area contributed by atoms with E-state index in [4.69, 9.17) is 5.73 Å². The van der Waals surface area contributed by atoms with Crippen molar-refractivity contribution in [1.29, 1.82) is 0 Å². The van der Waals surface area contributed by atoms with Crippen molar-refractivity contribution in [3.05, 3.63) is 53.9 Å². The van der Waals surface area contributed by atoms with Gasteiger partial charge in [-0.05, 0) is 25.5 Å². The van der Waals surface area contributed by atoms with Crippen LogP contribution in [0.5, 0.6) is 0 Å². The van der Waals surface area contributed by atoms with Crippen molar-refractivity contribution in [1.82, 2.24) is 9.78 Å². The zero-order chi connectivity index (χ0) is 11.5. The number of hydrogen-bond acceptors (Lipinski definition) is 2. The van der Waals surface area contributed by atoms with Gasteiger partial charge >= 0.3 is 0 Å². The standard InChI is InChI=1S/C13H17N3/c1-10-8-9-16(15-10)11(2)13(14)12-6-4-3-5-7-12/h3-9,11,13H,14H2,1-2H3. The first-order valence-electron chi connectivity index (χ1n) is 5.51. The van der Waals surface area contributed by atoms with Crippen molar-refractivity contribution in [2.24, 2.45) is 5.73 Å². The van der Waals surface area contributed by atoms with Gasteiger partial charge in [-0.15, -0.1) is 0 Å². The van der Waals surface area contributed by atoms with Crippen LogP contribution in [-0.2, 0) is 0 Å². The van der Waals surface area contributed by atoms with Crippen molar-refractivity contribution in [2.75, 3.05) is 0 Å². The fraction of sp³-hybridized carbons (Fsp3) is 0.308. The van der Waals surface area contributed by atoms with Crippen LogP contribution in [-0.4, -0.2) is 9.78 Å². The molecule has 3 heteroatoms. The number of aromatic nitrogens is 2. The first-order valence-corrected chi connectivity index (χ1v) is 5.51. The van der Waals surface area contributed by atoms with Gasteiger partial charge in [-0.1, -0.05) is 30.3 Å². The Balaban J connectivity index is 2.19. The highest BCUT2D eigenvalue weighted by molar-refractivity contribution is 5.19. The molecule has 1 aromatic carbocycles. The molecule has 0 aliphatic heterocycles. The monoisotopic (exact) mass is 215 g/mol. The molecule has 1 heterocycles. The SMILES string of the molecule is Cc1ccn(C(C)C(N)c2ccccc2)n1. The molecule has 2 unspecified atom stereocenters. The zero-order valence-corrected chi connectivity index (χ0v) is 9.67. The summed E-state index contributed by atoms with van der Waals surface area (Å²) in [5, 5.41) is 4.39. The Morgan fingerprint density at radius 1 is 1.19 bits per heavy atom. The van der Waals surface area contributed by atoms with Crippen LogP contribution in [0.2, 0.25) is 0 Å². The summed E-state index contributed by atoms with van der Waals surface area (Å²) in [5.41, 5.74) is 8.38. The predicted octanol–water partition coefficient (Wildman–Crippen LogP) is 2.45. The molecule has 0 bridgehead atoms. The highest BCUT2D eigenvalue weighted by atomic mass is 15.3. The Labute approximate surface area is 95.9 Å². The number of nitrogens with zero attached hydrogens (tertiary/aromatic N) is 2. The molecule has 0 amide bonds. The van der Waals surface area contributed by atoms with E-state index in [2.05, 4.69) is 24.2 Å². The maximum absolute atomic E-state index is 6.22. The Bertz CT molecular complexity index is 447. The van der Waals surface area contributed by atoms with Gasteiger partial charge in [0.1, 0.15) is 0 Å². The number of rotatable bonds is 3. The summed E-state index contributed by atoms with van der Waals surface area (Å²) >= 11 is 0. The highest BCUT2D eigenvalue weighted by Gasteiger charge is 2.16. The van der Waals surface area contributed by atoms with E-state index in [-0.39, 0.29) is 12.1 Å². The molecule has 2 rings (SSSR count). The molecule has 2 N–H and O–H groups in total. The summed E-state index contributed by atoms with van der Waals surface area (Å²) in [7, 11) is 0. The number of nitrogens with two attached hydrogens (primary N) is 1. The number of benzene rings is 1. The van der Waals surface area contributed by atoms with Crippen LogP contribution >= 0.6 is 0 Å². The van der Waals surface area contributed by atoms with Crippen LogP contribution in [0.15, 0.2) is 42.6 Å². The molecule has 0 aliphatic rings. The van der Waals surface area contributed by atoms with Crippen LogP contribution in [0.3, 0.4) is 0 Å². The molecular weight excluding hydrogens is 198 g/mol. The summed E-state index contributed by atoms with van der Waals surface area (Å²) in [4.78, 5) is 0. The molecule has 3 nitrogen and oxygen atoms in total. The van der Waals surface area contributed by atoms with Gasteiger partial charge in [0.25, 0.3) is 0 Å². The van der Waals surface area contributed by atoms with Crippen LogP contribution in [0.4, 0.5) is 0 Å². The van der Waals surface area contributed by atoms with Crippen LogP contribution < -0.4 is 5.73 Å². The van der Waals surface area contributed by atoms with E-state index < -0.39 is 0 Å². The molecule has 0 radical (unpaired) electrons. The lowest BCUT2D eigenvalue weighted by Crippen LogP contribution is -2.22. The molecular formula is C13H17N3. The third kappa shape index (κ3) is 2.14. The number of hydrogen-bond donors (Lipinski definition) is 1. The molecule has 16 heavy (non-hydrogen) atoms. The van der Waals surface area contributed by atoms with Gasteiger partial charge in [-0.2, -0.15) is 5.10 Å². The van der Waals surface area contributed by atoms with Crippen LogP contribution in [0, 0.1) is 6.92 Å². The summed E-state index contributed by atoms with van der Waals surface area (Å²) in [6.07, 6.45) is 1.98. The lowest BCUT2D eigenvalue weighted by Gasteiger charge is -2.20. The van der Waals surface area contributed by atoms with Gasteiger partial charge in [0.2, 0.25) is 0 Å². The molecule has 0 saturated carbocycles. The Hall–Kier alpha value is -1.61. The summed E-state index contributed by atoms with van der Waals surface area (Å²) in [6.45, 7) is 4.07. The minimum absolute atomic E-state index is 0.0273. The van der Waals surface area contributed by atoms with E-state index in [0.29, 0.717) is 0 Å². The van der Waals surface area contributed by atoms with Crippen molar-refractivity contribution in [3.8, 4) is 0 Å². The fourth-order valence-electron chi connectivity index (χ4n) is 1.78. The first-order chi connectivity index (χ1) is 7.68. The average Bonchev–Trinajstić information content (AvgIpc) is 2.75. The molecule has 2 aromatic rings. The first kappa shape index (κ1) is 10.9. The lowest BCUT2D eigenvalue weighted by molar-refractivity contribution is 0.413. The van der Waals surface area contributed by atoms with E-state index in [9.17, 15) is 0 Å².